The van der Waals surface area contributed by atoms with Crippen LogP contribution in [0.4, 0.5) is 0 Å². The molecule has 0 aliphatic heterocycles. The van der Waals surface area contributed by atoms with E-state index in [0.717, 1.165) is 33.9 Å². The Labute approximate surface area is 171 Å². The van der Waals surface area contributed by atoms with Gasteiger partial charge in [0.1, 0.15) is 21.4 Å². The van der Waals surface area contributed by atoms with E-state index in [9.17, 15) is 4.79 Å². The normalized spacial score (nSPS) is 12.9. The minimum Gasteiger partial charge on any atom is -0.467 e. The minimum absolute atomic E-state index is 0.0204. The lowest BCUT2D eigenvalue weighted by Gasteiger charge is -2.20. The van der Waals surface area contributed by atoms with Gasteiger partial charge in [-0.25, -0.2) is 9.97 Å². The smallest absolute Gasteiger partial charge is 0.233 e. The average molecular weight is 413 g/mol. The van der Waals surface area contributed by atoms with E-state index in [1.165, 1.54) is 28.6 Å². The van der Waals surface area contributed by atoms with E-state index in [4.69, 9.17) is 9.68 Å². The molecule has 0 bridgehead atoms. The highest BCUT2D eigenvalue weighted by Crippen LogP contribution is 2.40. The summed E-state index contributed by atoms with van der Waals surface area (Å²) in [7, 11) is 0. The number of nitrogens with zero attached hydrogens (tertiary/aromatic N) is 4. The summed E-state index contributed by atoms with van der Waals surface area (Å²) in [6.45, 7) is 2.66. The van der Waals surface area contributed by atoms with Crippen LogP contribution in [0.5, 0.6) is 0 Å². The third kappa shape index (κ3) is 3.91. The maximum atomic E-state index is 12.9. The Hall–Kier alpha value is -2.37. The van der Waals surface area contributed by atoms with Gasteiger partial charge in [0.25, 0.3) is 0 Å². The van der Waals surface area contributed by atoms with Gasteiger partial charge < -0.3 is 9.32 Å². The van der Waals surface area contributed by atoms with E-state index in [1.54, 1.807) is 28.6 Å². The van der Waals surface area contributed by atoms with Crippen LogP contribution in [0, 0.1) is 18.3 Å². The zero-order valence-corrected chi connectivity index (χ0v) is 17.2. The lowest BCUT2D eigenvalue weighted by atomic mass is 10.2. The van der Waals surface area contributed by atoms with Crippen LogP contribution >= 0.6 is 23.1 Å². The number of hydrogen-bond acceptors (Lipinski definition) is 7. The first-order valence-electron chi connectivity index (χ1n) is 9.24. The van der Waals surface area contributed by atoms with Crippen molar-refractivity contribution in [2.75, 3.05) is 12.3 Å². The van der Waals surface area contributed by atoms with Gasteiger partial charge in [-0.1, -0.05) is 11.8 Å². The molecule has 3 aromatic rings. The van der Waals surface area contributed by atoms with Crippen molar-refractivity contribution in [3.63, 3.8) is 0 Å². The van der Waals surface area contributed by atoms with Crippen LogP contribution < -0.4 is 0 Å². The Morgan fingerprint density at radius 2 is 2.32 bits per heavy atom. The third-order valence-electron chi connectivity index (χ3n) is 4.75. The summed E-state index contributed by atoms with van der Waals surface area (Å²) in [6.07, 6.45) is 5.25. The summed E-state index contributed by atoms with van der Waals surface area (Å²) >= 11 is 3.23. The number of aryl methyl sites for hydroxylation is 3. The molecule has 3 heterocycles. The van der Waals surface area contributed by atoms with E-state index < -0.39 is 0 Å². The van der Waals surface area contributed by atoms with Gasteiger partial charge in [-0.05, 0) is 43.9 Å². The highest BCUT2D eigenvalue weighted by molar-refractivity contribution is 8.00. The van der Waals surface area contributed by atoms with Crippen molar-refractivity contribution in [3.05, 3.63) is 40.4 Å². The molecule has 1 amide bonds. The molecule has 8 heteroatoms. The van der Waals surface area contributed by atoms with E-state index in [-0.39, 0.29) is 11.7 Å². The standard InChI is InChI=1S/C20H20N4O2S2/c1-13-22-19(18-15-6-2-7-16(15)28-20(18)23-13)27-12-17(25)24(9-4-8-21)11-14-5-3-10-26-14/h3,5,10H,2,4,6-7,9,11-12H2,1H3. The summed E-state index contributed by atoms with van der Waals surface area (Å²) < 4.78 is 5.37. The van der Waals surface area contributed by atoms with Gasteiger partial charge in [-0.3, -0.25) is 4.79 Å². The zero-order valence-electron chi connectivity index (χ0n) is 15.6. The van der Waals surface area contributed by atoms with Crippen LogP contribution in [0.15, 0.2) is 27.8 Å². The lowest BCUT2D eigenvalue weighted by Crippen LogP contribution is -2.32. The molecule has 0 N–H and O–H groups in total. The van der Waals surface area contributed by atoms with Crippen LogP contribution in [0.2, 0.25) is 0 Å². The van der Waals surface area contributed by atoms with Crippen molar-refractivity contribution < 1.29 is 9.21 Å². The average Bonchev–Trinajstić information content (AvgIpc) is 3.39. The minimum atomic E-state index is -0.0204. The molecule has 0 saturated heterocycles. The summed E-state index contributed by atoms with van der Waals surface area (Å²) in [5, 5.41) is 10.9. The van der Waals surface area contributed by atoms with E-state index in [1.807, 2.05) is 13.0 Å². The van der Waals surface area contributed by atoms with Gasteiger partial charge in [0.2, 0.25) is 5.91 Å². The van der Waals surface area contributed by atoms with Crippen molar-refractivity contribution in [1.82, 2.24) is 14.9 Å². The quantitative estimate of drug-likeness (QED) is 0.429. The molecule has 6 nitrogen and oxygen atoms in total. The van der Waals surface area contributed by atoms with E-state index >= 15 is 0 Å². The molecule has 0 unspecified atom stereocenters. The Kier molecular flexibility index (Phi) is 5.64. The number of hydrogen-bond donors (Lipinski definition) is 0. The van der Waals surface area contributed by atoms with Gasteiger partial charge in [0.15, 0.2) is 0 Å². The first-order valence-corrected chi connectivity index (χ1v) is 11.0. The predicted octanol–water partition coefficient (Wildman–Crippen LogP) is 4.12. The Morgan fingerprint density at radius 3 is 3.11 bits per heavy atom. The number of furan rings is 1. The Morgan fingerprint density at radius 1 is 1.43 bits per heavy atom. The second-order valence-corrected chi connectivity index (χ2v) is 8.75. The Balaban J connectivity index is 1.52. The third-order valence-corrected chi connectivity index (χ3v) is 6.89. The maximum Gasteiger partial charge on any atom is 0.233 e. The SMILES string of the molecule is Cc1nc(SCC(=O)N(CCC#N)Cc2ccco2)c2c3c(sc2n1)CCC3. The molecule has 1 aliphatic carbocycles. The molecule has 0 spiro atoms. The fraction of sp³-hybridized carbons (Fsp3) is 0.400. The topological polar surface area (TPSA) is 83.0 Å². The zero-order chi connectivity index (χ0) is 19.5. The van der Waals surface area contributed by atoms with Gasteiger partial charge in [-0.15, -0.1) is 11.3 Å². The molecule has 4 rings (SSSR count). The molecular formula is C20H20N4O2S2. The molecule has 0 radical (unpaired) electrons. The fourth-order valence-corrected chi connectivity index (χ4v) is 5.83. The maximum absolute atomic E-state index is 12.9. The number of fused-ring (bicyclic) bond motifs is 3. The number of rotatable bonds is 7. The highest BCUT2D eigenvalue weighted by Gasteiger charge is 2.23. The summed E-state index contributed by atoms with van der Waals surface area (Å²) in [4.78, 5) is 26.2. The van der Waals surface area contributed by atoms with Gasteiger partial charge >= 0.3 is 0 Å². The van der Waals surface area contributed by atoms with Crippen LogP contribution in [-0.2, 0) is 24.2 Å². The molecule has 3 aromatic heterocycles. The Bertz CT molecular complexity index is 1040. The molecule has 1 aliphatic rings. The molecule has 0 aromatic carbocycles. The first-order chi connectivity index (χ1) is 13.7. The lowest BCUT2D eigenvalue weighted by molar-refractivity contribution is -0.129. The van der Waals surface area contributed by atoms with Crippen molar-refractivity contribution >= 4 is 39.2 Å². The van der Waals surface area contributed by atoms with Crippen molar-refractivity contribution in [2.45, 2.75) is 44.2 Å². The van der Waals surface area contributed by atoms with Crippen molar-refractivity contribution in [3.8, 4) is 6.07 Å². The van der Waals surface area contributed by atoms with Crippen LogP contribution in [0.25, 0.3) is 10.2 Å². The summed E-state index contributed by atoms with van der Waals surface area (Å²) in [5.74, 6) is 1.71. The van der Waals surface area contributed by atoms with Gasteiger partial charge in [-0.2, -0.15) is 5.26 Å². The summed E-state index contributed by atoms with van der Waals surface area (Å²) in [5.41, 5.74) is 1.37. The van der Waals surface area contributed by atoms with E-state index in [2.05, 4.69) is 16.0 Å². The number of thiophene rings is 1. The number of aromatic nitrogens is 2. The molecule has 0 atom stereocenters. The van der Waals surface area contributed by atoms with E-state index in [0.29, 0.717) is 25.3 Å². The molecule has 0 fully saturated rings. The monoisotopic (exact) mass is 412 g/mol. The summed E-state index contributed by atoms with van der Waals surface area (Å²) in [6, 6.07) is 5.75. The van der Waals surface area contributed by atoms with Crippen molar-refractivity contribution in [1.29, 1.82) is 5.26 Å². The molecule has 0 saturated carbocycles. The largest absolute Gasteiger partial charge is 0.467 e. The number of carbonyl (C=O) groups is 1. The molecule has 144 valence electrons. The van der Waals surface area contributed by atoms with Crippen molar-refractivity contribution in [2.24, 2.45) is 0 Å². The fourth-order valence-electron chi connectivity index (χ4n) is 3.46. The number of amides is 1. The highest BCUT2D eigenvalue weighted by atomic mass is 32.2. The molecular weight excluding hydrogens is 392 g/mol. The van der Waals surface area contributed by atoms with Gasteiger partial charge in [0, 0.05) is 16.8 Å². The van der Waals surface area contributed by atoms with Gasteiger partial charge in [0.05, 0.1) is 31.1 Å². The predicted molar refractivity (Wildman–Crippen MR) is 109 cm³/mol. The van der Waals surface area contributed by atoms with Crippen LogP contribution in [0.1, 0.15) is 34.9 Å². The van der Waals surface area contributed by atoms with Crippen LogP contribution in [0.3, 0.4) is 0 Å². The first kappa shape index (κ1) is 19.0. The second kappa shape index (κ2) is 8.33. The number of nitriles is 1. The number of carbonyl (C=O) groups excluding carboxylic acids is 1. The number of thioether (sulfide) groups is 1. The second-order valence-electron chi connectivity index (χ2n) is 6.70. The molecule has 28 heavy (non-hydrogen) atoms. The van der Waals surface area contributed by atoms with Crippen LogP contribution in [-0.4, -0.2) is 33.1 Å².